The summed E-state index contributed by atoms with van der Waals surface area (Å²) in [5, 5.41) is 2.90. The summed E-state index contributed by atoms with van der Waals surface area (Å²) < 4.78 is 13.6. The van der Waals surface area contributed by atoms with Crippen LogP contribution in [0.15, 0.2) is 48.5 Å². The highest BCUT2D eigenvalue weighted by atomic mass is 19.1. The number of amides is 1. The zero-order valence-corrected chi connectivity index (χ0v) is 14.4. The second-order valence-electron chi connectivity index (χ2n) is 5.78. The molecule has 0 aromatic heterocycles. The Hall–Kier alpha value is -2.20. The Bertz CT molecular complexity index is 668. The fraction of sp³-hybridized carbons (Fsp3) is 0.350. The van der Waals surface area contributed by atoms with Gasteiger partial charge in [0.25, 0.3) is 0 Å². The van der Waals surface area contributed by atoms with E-state index in [4.69, 9.17) is 0 Å². The van der Waals surface area contributed by atoms with Gasteiger partial charge in [-0.15, -0.1) is 0 Å². The standard InChI is InChI=1S/C20H25FN2O/c1-3-23(4-2)15-18-11-6-5-10-17(18)14-22-20(24)13-16-9-7-8-12-19(16)21/h5-12H,3-4,13-15H2,1-2H3,(H,22,24). The first-order chi connectivity index (χ1) is 11.6. The van der Waals surface area contributed by atoms with E-state index in [1.807, 2.05) is 18.2 Å². The molecular formula is C20H25FN2O. The molecule has 0 saturated carbocycles. The van der Waals surface area contributed by atoms with Gasteiger partial charge in [-0.05, 0) is 35.8 Å². The molecule has 0 saturated heterocycles. The molecule has 2 rings (SSSR count). The van der Waals surface area contributed by atoms with E-state index in [1.54, 1.807) is 18.2 Å². The summed E-state index contributed by atoms with van der Waals surface area (Å²) in [6.45, 7) is 7.59. The van der Waals surface area contributed by atoms with Crippen LogP contribution in [-0.2, 0) is 24.3 Å². The number of halogens is 1. The monoisotopic (exact) mass is 328 g/mol. The number of hydrogen-bond donors (Lipinski definition) is 1. The van der Waals surface area contributed by atoms with Crippen LogP contribution in [0.25, 0.3) is 0 Å². The van der Waals surface area contributed by atoms with Gasteiger partial charge in [0, 0.05) is 13.1 Å². The molecule has 0 radical (unpaired) electrons. The molecule has 0 fully saturated rings. The van der Waals surface area contributed by atoms with Crippen molar-refractivity contribution in [1.29, 1.82) is 0 Å². The molecule has 0 spiro atoms. The lowest BCUT2D eigenvalue weighted by molar-refractivity contribution is -0.120. The van der Waals surface area contributed by atoms with Gasteiger partial charge < -0.3 is 5.32 Å². The van der Waals surface area contributed by atoms with Crippen molar-refractivity contribution in [2.45, 2.75) is 33.4 Å². The van der Waals surface area contributed by atoms with Crippen molar-refractivity contribution in [2.75, 3.05) is 13.1 Å². The van der Waals surface area contributed by atoms with Gasteiger partial charge >= 0.3 is 0 Å². The molecule has 1 amide bonds. The summed E-state index contributed by atoms with van der Waals surface area (Å²) >= 11 is 0. The van der Waals surface area contributed by atoms with Gasteiger partial charge in [-0.1, -0.05) is 56.3 Å². The van der Waals surface area contributed by atoms with Crippen molar-refractivity contribution in [3.05, 3.63) is 71.0 Å². The molecule has 0 aliphatic carbocycles. The van der Waals surface area contributed by atoms with Crippen LogP contribution in [0.5, 0.6) is 0 Å². The number of carbonyl (C=O) groups is 1. The Morgan fingerprint density at radius 2 is 1.54 bits per heavy atom. The summed E-state index contributed by atoms with van der Waals surface area (Å²) in [6, 6.07) is 14.5. The summed E-state index contributed by atoms with van der Waals surface area (Å²) in [6.07, 6.45) is 0.0604. The summed E-state index contributed by atoms with van der Waals surface area (Å²) in [5.74, 6) is -0.507. The zero-order valence-electron chi connectivity index (χ0n) is 14.4. The smallest absolute Gasteiger partial charge is 0.224 e. The lowest BCUT2D eigenvalue weighted by atomic mass is 10.1. The zero-order chi connectivity index (χ0) is 17.4. The molecule has 2 aromatic carbocycles. The van der Waals surface area contributed by atoms with Crippen molar-refractivity contribution in [3.8, 4) is 0 Å². The van der Waals surface area contributed by atoms with Crippen LogP contribution in [0.4, 0.5) is 4.39 Å². The molecule has 3 nitrogen and oxygen atoms in total. The van der Waals surface area contributed by atoms with Crippen LogP contribution >= 0.6 is 0 Å². The Labute approximate surface area is 143 Å². The predicted octanol–water partition coefficient (Wildman–Crippen LogP) is 3.53. The third-order valence-electron chi connectivity index (χ3n) is 4.19. The lowest BCUT2D eigenvalue weighted by Gasteiger charge is -2.20. The van der Waals surface area contributed by atoms with Gasteiger partial charge in [0.1, 0.15) is 5.82 Å². The van der Waals surface area contributed by atoms with Crippen molar-refractivity contribution < 1.29 is 9.18 Å². The average molecular weight is 328 g/mol. The molecule has 0 bridgehead atoms. The normalized spacial score (nSPS) is 10.8. The lowest BCUT2D eigenvalue weighted by Crippen LogP contribution is -2.27. The van der Waals surface area contributed by atoms with E-state index in [-0.39, 0.29) is 18.1 Å². The summed E-state index contributed by atoms with van der Waals surface area (Å²) in [4.78, 5) is 14.4. The minimum absolute atomic E-state index is 0.0604. The van der Waals surface area contributed by atoms with E-state index in [0.29, 0.717) is 12.1 Å². The maximum absolute atomic E-state index is 13.6. The van der Waals surface area contributed by atoms with E-state index >= 15 is 0 Å². The third kappa shape index (κ3) is 5.17. The van der Waals surface area contributed by atoms with Crippen LogP contribution in [0.3, 0.4) is 0 Å². The molecule has 24 heavy (non-hydrogen) atoms. The molecule has 0 aliphatic rings. The van der Waals surface area contributed by atoms with Crippen LogP contribution < -0.4 is 5.32 Å². The number of benzene rings is 2. The molecular weight excluding hydrogens is 303 g/mol. The van der Waals surface area contributed by atoms with E-state index in [0.717, 1.165) is 25.2 Å². The first-order valence-corrected chi connectivity index (χ1v) is 8.43. The maximum Gasteiger partial charge on any atom is 0.224 e. The minimum Gasteiger partial charge on any atom is -0.352 e. The Kier molecular flexibility index (Phi) is 6.94. The first-order valence-electron chi connectivity index (χ1n) is 8.43. The third-order valence-corrected chi connectivity index (χ3v) is 4.19. The minimum atomic E-state index is -0.338. The van der Waals surface area contributed by atoms with Gasteiger partial charge in [-0.25, -0.2) is 4.39 Å². The van der Waals surface area contributed by atoms with Crippen LogP contribution in [-0.4, -0.2) is 23.9 Å². The average Bonchev–Trinajstić information content (AvgIpc) is 2.60. The second-order valence-corrected chi connectivity index (χ2v) is 5.78. The van der Waals surface area contributed by atoms with Gasteiger partial charge in [-0.2, -0.15) is 0 Å². The van der Waals surface area contributed by atoms with Crippen LogP contribution in [0.2, 0.25) is 0 Å². The highest BCUT2D eigenvalue weighted by Crippen LogP contribution is 2.12. The van der Waals surface area contributed by atoms with E-state index in [2.05, 4.69) is 30.1 Å². The molecule has 0 unspecified atom stereocenters. The molecule has 0 atom stereocenters. The van der Waals surface area contributed by atoms with E-state index < -0.39 is 0 Å². The van der Waals surface area contributed by atoms with Gasteiger partial charge in [0.05, 0.1) is 6.42 Å². The van der Waals surface area contributed by atoms with Gasteiger partial charge in [-0.3, -0.25) is 9.69 Å². The molecule has 4 heteroatoms. The van der Waals surface area contributed by atoms with Crippen molar-refractivity contribution >= 4 is 5.91 Å². The quantitative estimate of drug-likeness (QED) is 0.804. The first kappa shape index (κ1) is 18.1. The summed E-state index contributed by atoms with van der Waals surface area (Å²) in [5.41, 5.74) is 2.74. The molecule has 128 valence electrons. The van der Waals surface area contributed by atoms with E-state index in [1.165, 1.54) is 11.6 Å². The predicted molar refractivity (Wildman–Crippen MR) is 95.0 cm³/mol. The number of nitrogens with zero attached hydrogens (tertiary/aromatic N) is 1. The highest BCUT2D eigenvalue weighted by Gasteiger charge is 2.10. The topological polar surface area (TPSA) is 32.3 Å². The Morgan fingerprint density at radius 3 is 2.17 bits per heavy atom. The highest BCUT2D eigenvalue weighted by molar-refractivity contribution is 5.78. The van der Waals surface area contributed by atoms with Gasteiger partial charge in [0.2, 0.25) is 5.91 Å². The van der Waals surface area contributed by atoms with Crippen molar-refractivity contribution in [3.63, 3.8) is 0 Å². The van der Waals surface area contributed by atoms with Crippen LogP contribution in [0, 0.1) is 5.82 Å². The SMILES string of the molecule is CCN(CC)Cc1ccccc1CNC(=O)Cc1ccccc1F. The number of hydrogen-bond acceptors (Lipinski definition) is 2. The second kappa shape index (κ2) is 9.18. The van der Waals surface area contributed by atoms with E-state index in [9.17, 15) is 9.18 Å². The van der Waals surface area contributed by atoms with Crippen molar-refractivity contribution in [1.82, 2.24) is 10.2 Å². The molecule has 0 aliphatic heterocycles. The number of nitrogens with one attached hydrogen (secondary N) is 1. The van der Waals surface area contributed by atoms with Gasteiger partial charge in [0.15, 0.2) is 0 Å². The molecule has 0 heterocycles. The Morgan fingerprint density at radius 1 is 0.958 bits per heavy atom. The largest absolute Gasteiger partial charge is 0.352 e. The molecule has 1 N–H and O–H groups in total. The Balaban J connectivity index is 1.96. The number of rotatable bonds is 8. The van der Waals surface area contributed by atoms with Crippen molar-refractivity contribution in [2.24, 2.45) is 0 Å². The fourth-order valence-corrected chi connectivity index (χ4v) is 2.64. The molecule has 2 aromatic rings. The maximum atomic E-state index is 13.6. The fourth-order valence-electron chi connectivity index (χ4n) is 2.64. The summed E-state index contributed by atoms with van der Waals surface area (Å²) in [7, 11) is 0. The number of carbonyl (C=O) groups excluding carboxylic acids is 1. The van der Waals surface area contributed by atoms with Crippen LogP contribution in [0.1, 0.15) is 30.5 Å².